The second kappa shape index (κ2) is 5.81. The van der Waals surface area contributed by atoms with Gasteiger partial charge in [-0.05, 0) is 49.1 Å². The number of likely N-dealkylation sites (N-methyl/N-ethyl adjacent to an activating group) is 1. The van der Waals surface area contributed by atoms with Crippen LogP contribution in [-0.2, 0) is 0 Å². The van der Waals surface area contributed by atoms with Gasteiger partial charge in [-0.25, -0.2) is 0 Å². The molecule has 0 saturated carbocycles. The van der Waals surface area contributed by atoms with Crippen LogP contribution in [0.5, 0.6) is 0 Å². The maximum Gasteiger partial charge on any atom is 0.259 e. The number of hydrogen-bond acceptors (Lipinski definition) is 5. The lowest BCUT2D eigenvalue weighted by Crippen LogP contribution is -2.26. The molecule has 0 radical (unpaired) electrons. The van der Waals surface area contributed by atoms with Crippen LogP contribution in [-0.4, -0.2) is 35.7 Å². The fourth-order valence-corrected chi connectivity index (χ4v) is 2.19. The summed E-state index contributed by atoms with van der Waals surface area (Å²) in [5.41, 5.74) is 8.04. The molecule has 19 heavy (non-hydrogen) atoms. The van der Waals surface area contributed by atoms with Crippen LogP contribution in [0.25, 0.3) is 11.5 Å². The lowest BCUT2D eigenvalue weighted by atomic mass is 10.1. The minimum absolute atomic E-state index is 0.254. The van der Waals surface area contributed by atoms with Crippen LogP contribution in [0, 0.1) is 6.92 Å². The van der Waals surface area contributed by atoms with Gasteiger partial charge in [-0.15, -0.1) is 0 Å². The Hall–Kier alpha value is -1.24. The lowest BCUT2D eigenvalue weighted by Gasteiger charge is -2.12. The lowest BCUT2D eigenvalue weighted by molar-refractivity contribution is 0.357. The molecule has 0 amide bonds. The van der Waals surface area contributed by atoms with Gasteiger partial charge in [-0.2, -0.15) is 4.98 Å². The molecule has 1 atom stereocenters. The SMILES string of the molecule is Cc1ccc(Br)c(-c2nc(C(N)CN(C)C)no2)c1. The zero-order valence-electron chi connectivity index (χ0n) is 11.2. The minimum atomic E-state index is -0.254. The molecular weight excluding hydrogens is 308 g/mol. The van der Waals surface area contributed by atoms with Crippen molar-refractivity contribution in [3.63, 3.8) is 0 Å². The molecule has 0 saturated heterocycles. The van der Waals surface area contributed by atoms with E-state index in [9.17, 15) is 0 Å². The third kappa shape index (κ3) is 3.40. The summed E-state index contributed by atoms with van der Waals surface area (Å²) in [5.74, 6) is 1.01. The Kier molecular flexibility index (Phi) is 4.34. The monoisotopic (exact) mass is 324 g/mol. The van der Waals surface area contributed by atoms with Crippen LogP contribution in [0.2, 0.25) is 0 Å². The molecule has 2 rings (SSSR count). The number of benzene rings is 1. The van der Waals surface area contributed by atoms with Crippen LogP contribution >= 0.6 is 15.9 Å². The summed E-state index contributed by atoms with van der Waals surface area (Å²) >= 11 is 3.49. The second-order valence-electron chi connectivity index (χ2n) is 4.81. The van der Waals surface area contributed by atoms with E-state index in [-0.39, 0.29) is 6.04 Å². The van der Waals surface area contributed by atoms with Crippen molar-refractivity contribution < 1.29 is 4.52 Å². The highest BCUT2D eigenvalue weighted by molar-refractivity contribution is 9.10. The zero-order chi connectivity index (χ0) is 14.0. The Morgan fingerprint density at radius 1 is 1.42 bits per heavy atom. The summed E-state index contributed by atoms with van der Waals surface area (Å²) in [5, 5.41) is 3.96. The molecule has 0 aliphatic carbocycles. The first kappa shape index (κ1) is 14.2. The van der Waals surface area contributed by atoms with E-state index < -0.39 is 0 Å². The minimum Gasteiger partial charge on any atom is -0.334 e. The van der Waals surface area contributed by atoms with Gasteiger partial charge in [-0.3, -0.25) is 0 Å². The third-order valence-electron chi connectivity index (χ3n) is 2.69. The van der Waals surface area contributed by atoms with Crippen LogP contribution < -0.4 is 5.73 Å². The van der Waals surface area contributed by atoms with Gasteiger partial charge in [0.05, 0.1) is 11.6 Å². The first-order valence-corrected chi connectivity index (χ1v) is 6.77. The molecule has 0 spiro atoms. The van der Waals surface area contributed by atoms with Crippen molar-refractivity contribution in [2.45, 2.75) is 13.0 Å². The Bertz CT molecular complexity index is 568. The third-order valence-corrected chi connectivity index (χ3v) is 3.38. The molecule has 0 aliphatic rings. The molecule has 102 valence electrons. The van der Waals surface area contributed by atoms with Gasteiger partial charge in [0.15, 0.2) is 5.82 Å². The molecule has 1 heterocycles. The first-order chi connectivity index (χ1) is 8.97. The fourth-order valence-electron chi connectivity index (χ4n) is 1.77. The van der Waals surface area contributed by atoms with E-state index >= 15 is 0 Å². The van der Waals surface area contributed by atoms with Crippen molar-refractivity contribution >= 4 is 15.9 Å². The molecule has 0 fully saturated rings. The number of nitrogens with zero attached hydrogens (tertiary/aromatic N) is 3. The standard InChI is InChI=1S/C13H17BrN4O/c1-8-4-5-10(14)9(6-8)13-16-12(17-19-13)11(15)7-18(2)3/h4-6,11H,7,15H2,1-3H3. The smallest absolute Gasteiger partial charge is 0.259 e. The molecule has 5 nitrogen and oxygen atoms in total. The number of rotatable bonds is 4. The molecule has 2 N–H and O–H groups in total. The maximum absolute atomic E-state index is 6.02. The fraction of sp³-hybridized carbons (Fsp3) is 0.385. The van der Waals surface area contributed by atoms with Crippen molar-refractivity contribution in [3.8, 4) is 11.5 Å². The Morgan fingerprint density at radius 2 is 2.16 bits per heavy atom. The van der Waals surface area contributed by atoms with Gasteiger partial charge < -0.3 is 15.2 Å². The molecule has 1 unspecified atom stereocenters. The molecule has 6 heteroatoms. The van der Waals surface area contributed by atoms with E-state index in [1.54, 1.807) is 0 Å². The van der Waals surface area contributed by atoms with Crippen LogP contribution in [0.3, 0.4) is 0 Å². The van der Waals surface area contributed by atoms with E-state index in [1.165, 1.54) is 0 Å². The van der Waals surface area contributed by atoms with Gasteiger partial charge in [0.25, 0.3) is 5.89 Å². The maximum atomic E-state index is 6.02. The van der Waals surface area contributed by atoms with Crippen LogP contribution in [0.4, 0.5) is 0 Å². The number of aryl methyl sites for hydroxylation is 1. The topological polar surface area (TPSA) is 68.2 Å². The molecule has 2 aromatic rings. The van der Waals surface area contributed by atoms with Crippen molar-refractivity contribution in [1.82, 2.24) is 15.0 Å². The van der Waals surface area contributed by atoms with E-state index in [4.69, 9.17) is 10.3 Å². The Labute approximate surface area is 120 Å². The molecule has 0 aliphatic heterocycles. The highest BCUT2D eigenvalue weighted by Gasteiger charge is 2.17. The van der Waals surface area contributed by atoms with Gasteiger partial charge in [0, 0.05) is 11.0 Å². The first-order valence-electron chi connectivity index (χ1n) is 5.98. The summed E-state index contributed by atoms with van der Waals surface area (Å²) in [7, 11) is 3.91. The summed E-state index contributed by atoms with van der Waals surface area (Å²) in [6, 6.07) is 5.73. The molecule has 1 aromatic carbocycles. The van der Waals surface area contributed by atoms with E-state index in [1.807, 2.05) is 44.1 Å². The highest BCUT2D eigenvalue weighted by atomic mass is 79.9. The normalized spacial score (nSPS) is 12.9. The van der Waals surface area contributed by atoms with E-state index in [2.05, 4.69) is 26.1 Å². The molecule has 0 bridgehead atoms. The van der Waals surface area contributed by atoms with Crippen molar-refractivity contribution in [2.75, 3.05) is 20.6 Å². The summed E-state index contributed by atoms with van der Waals surface area (Å²) in [6.45, 7) is 2.69. The predicted octanol–water partition coefficient (Wildman–Crippen LogP) is 2.37. The van der Waals surface area contributed by atoms with Crippen molar-refractivity contribution in [2.24, 2.45) is 5.73 Å². The van der Waals surface area contributed by atoms with Gasteiger partial charge in [0.1, 0.15) is 0 Å². The number of aromatic nitrogens is 2. The summed E-state index contributed by atoms with van der Waals surface area (Å²) in [4.78, 5) is 6.37. The van der Waals surface area contributed by atoms with Crippen LogP contribution in [0.1, 0.15) is 17.4 Å². The van der Waals surface area contributed by atoms with E-state index in [0.29, 0.717) is 18.3 Å². The number of hydrogen-bond donors (Lipinski definition) is 1. The highest BCUT2D eigenvalue weighted by Crippen LogP contribution is 2.28. The number of nitrogens with two attached hydrogens (primary N) is 1. The van der Waals surface area contributed by atoms with Gasteiger partial charge >= 0.3 is 0 Å². The number of halogens is 1. The summed E-state index contributed by atoms with van der Waals surface area (Å²) < 4.78 is 6.23. The van der Waals surface area contributed by atoms with Gasteiger partial charge in [0.2, 0.25) is 0 Å². The molecular formula is C13H17BrN4O. The largest absolute Gasteiger partial charge is 0.334 e. The average Bonchev–Trinajstić information content (AvgIpc) is 2.80. The molecule has 1 aromatic heterocycles. The van der Waals surface area contributed by atoms with Crippen molar-refractivity contribution in [3.05, 3.63) is 34.1 Å². The summed E-state index contributed by atoms with van der Waals surface area (Å²) in [6.07, 6.45) is 0. The zero-order valence-corrected chi connectivity index (χ0v) is 12.8. The Morgan fingerprint density at radius 3 is 2.84 bits per heavy atom. The average molecular weight is 325 g/mol. The van der Waals surface area contributed by atoms with Gasteiger partial charge in [-0.1, -0.05) is 16.8 Å². The Balaban J connectivity index is 2.28. The quantitative estimate of drug-likeness (QED) is 0.935. The predicted molar refractivity (Wildman–Crippen MR) is 77.7 cm³/mol. The van der Waals surface area contributed by atoms with Crippen molar-refractivity contribution in [1.29, 1.82) is 0 Å². The van der Waals surface area contributed by atoms with Crippen LogP contribution in [0.15, 0.2) is 27.2 Å². The second-order valence-corrected chi connectivity index (χ2v) is 5.66. The van der Waals surface area contributed by atoms with E-state index in [0.717, 1.165) is 15.6 Å².